The summed E-state index contributed by atoms with van der Waals surface area (Å²) < 4.78 is 2.20. The van der Waals surface area contributed by atoms with Crippen molar-refractivity contribution in [2.75, 3.05) is 19.6 Å². The van der Waals surface area contributed by atoms with Crippen LogP contribution in [0.5, 0.6) is 0 Å². The lowest BCUT2D eigenvalue weighted by Gasteiger charge is -2.33. The van der Waals surface area contributed by atoms with Gasteiger partial charge in [0.15, 0.2) is 0 Å². The van der Waals surface area contributed by atoms with Crippen molar-refractivity contribution < 1.29 is 9.59 Å². The Morgan fingerprint density at radius 3 is 2.55 bits per heavy atom. The van der Waals surface area contributed by atoms with Gasteiger partial charge in [-0.3, -0.25) is 9.59 Å². The fraction of sp³-hybridized carbons (Fsp3) is 0.400. The standard InChI is InChI=1S/C25H30N4O2/c1-3-12-26-25(31)20-8-9-23-22(16-20)27-17-29(23)21-10-13-28(14-11-21)24(30)15-19-6-4-18(2)5-7-19/h4-9,16-17,21H,3,10-15H2,1-2H3,(H,26,31). The fourth-order valence-corrected chi connectivity index (χ4v) is 4.19. The van der Waals surface area contributed by atoms with Crippen molar-refractivity contribution >= 4 is 22.8 Å². The Balaban J connectivity index is 1.38. The van der Waals surface area contributed by atoms with Gasteiger partial charge in [0.2, 0.25) is 5.91 Å². The summed E-state index contributed by atoms with van der Waals surface area (Å²) in [5, 5.41) is 2.91. The Kier molecular flexibility index (Phi) is 6.35. The summed E-state index contributed by atoms with van der Waals surface area (Å²) in [6.45, 7) is 6.27. The second-order valence-corrected chi connectivity index (χ2v) is 8.39. The second kappa shape index (κ2) is 9.33. The number of aryl methyl sites for hydroxylation is 1. The summed E-state index contributed by atoms with van der Waals surface area (Å²) in [6, 6.07) is 14.2. The van der Waals surface area contributed by atoms with Crippen LogP contribution in [0, 0.1) is 6.92 Å². The van der Waals surface area contributed by atoms with Crippen LogP contribution in [0.3, 0.4) is 0 Å². The highest BCUT2D eigenvalue weighted by Gasteiger charge is 2.25. The molecule has 1 aromatic heterocycles. The van der Waals surface area contributed by atoms with Crippen molar-refractivity contribution in [1.82, 2.24) is 19.8 Å². The van der Waals surface area contributed by atoms with Gasteiger partial charge >= 0.3 is 0 Å². The summed E-state index contributed by atoms with van der Waals surface area (Å²) in [5.74, 6) is 0.138. The molecule has 1 aliphatic rings. The van der Waals surface area contributed by atoms with Crippen LogP contribution in [0.2, 0.25) is 0 Å². The number of hydrogen-bond donors (Lipinski definition) is 1. The maximum absolute atomic E-state index is 12.7. The van der Waals surface area contributed by atoms with E-state index in [1.807, 2.05) is 48.5 Å². The normalized spacial score (nSPS) is 14.7. The molecule has 2 amide bonds. The van der Waals surface area contributed by atoms with Gasteiger partial charge in [-0.15, -0.1) is 0 Å². The summed E-state index contributed by atoms with van der Waals surface area (Å²) in [4.78, 5) is 31.4. The van der Waals surface area contributed by atoms with E-state index < -0.39 is 0 Å². The Bertz CT molecular complexity index is 1060. The third kappa shape index (κ3) is 4.79. The van der Waals surface area contributed by atoms with Gasteiger partial charge in [0, 0.05) is 31.2 Å². The number of likely N-dealkylation sites (tertiary alicyclic amines) is 1. The van der Waals surface area contributed by atoms with Gasteiger partial charge in [0.05, 0.1) is 23.8 Å². The first-order chi connectivity index (χ1) is 15.0. The molecule has 0 unspecified atom stereocenters. The van der Waals surface area contributed by atoms with Crippen molar-refractivity contribution in [3.05, 3.63) is 65.5 Å². The zero-order valence-corrected chi connectivity index (χ0v) is 18.3. The molecule has 1 fully saturated rings. The summed E-state index contributed by atoms with van der Waals surface area (Å²) in [6.07, 6.45) is 5.05. The average molecular weight is 419 g/mol. The molecular weight excluding hydrogens is 388 g/mol. The Labute approximate surface area is 183 Å². The van der Waals surface area contributed by atoms with Gasteiger partial charge < -0.3 is 14.8 Å². The van der Waals surface area contributed by atoms with E-state index in [0.717, 1.165) is 48.9 Å². The van der Waals surface area contributed by atoms with E-state index in [1.54, 1.807) is 0 Å². The maximum atomic E-state index is 12.7. The minimum Gasteiger partial charge on any atom is -0.352 e. The van der Waals surface area contributed by atoms with Crippen LogP contribution in [0.1, 0.15) is 53.7 Å². The van der Waals surface area contributed by atoms with Gasteiger partial charge in [-0.05, 0) is 49.9 Å². The van der Waals surface area contributed by atoms with Crippen LogP contribution in [0.4, 0.5) is 0 Å². The summed E-state index contributed by atoms with van der Waals surface area (Å²) >= 11 is 0. The number of nitrogens with zero attached hydrogens (tertiary/aromatic N) is 3. The Hall–Kier alpha value is -3.15. The lowest BCUT2D eigenvalue weighted by molar-refractivity contribution is -0.131. The number of imidazole rings is 1. The molecule has 2 heterocycles. The number of piperidine rings is 1. The molecule has 1 aliphatic heterocycles. The second-order valence-electron chi connectivity index (χ2n) is 8.39. The van der Waals surface area contributed by atoms with Crippen molar-refractivity contribution in [2.45, 2.75) is 45.6 Å². The van der Waals surface area contributed by atoms with Gasteiger partial charge in [0.25, 0.3) is 5.91 Å². The van der Waals surface area contributed by atoms with E-state index in [4.69, 9.17) is 0 Å². The molecule has 1 N–H and O–H groups in total. The van der Waals surface area contributed by atoms with Crippen LogP contribution >= 0.6 is 0 Å². The Morgan fingerprint density at radius 2 is 1.84 bits per heavy atom. The van der Waals surface area contributed by atoms with Crippen LogP contribution in [-0.2, 0) is 11.2 Å². The van der Waals surface area contributed by atoms with E-state index >= 15 is 0 Å². The SMILES string of the molecule is CCCNC(=O)c1ccc2c(c1)ncn2C1CCN(C(=O)Cc2ccc(C)cc2)CC1. The molecule has 4 rings (SSSR count). The number of amides is 2. The van der Waals surface area contributed by atoms with Crippen molar-refractivity contribution in [1.29, 1.82) is 0 Å². The smallest absolute Gasteiger partial charge is 0.251 e. The quantitative estimate of drug-likeness (QED) is 0.660. The van der Waals surface area contributed by atoms with Crippen LogP contribution < -0.4 is 5.32 Å². The Morgan fingerprint density at radius 1 is 1.10 bits per heavy atom. The van der Waals surface area contributed by atoms with E-state index in [2.05, 4.69) is 33.9 Å². The molecule has 0 atom stereocenters. The average Bonchev–Trinajstić information content (AvgIpc) is 3.22. The first-order valence-electron chi connectivity index (χ1n) is 11.1. The molecule has 6 nitrogen and oxygen atoms in total. The highest BCUT2D eigenvalue weighted by molar-refractivity contribution is 5.97. The zero-order valence-electron chi connectivity index (χ0n) is 18.3. The number of nitrogens with one attached hydrogen (secondary N) is 1. The molecule has 3 aromatic rings. The molecule has 31 heavy (non-hydrogen) atoms. The largest absolute Gasteiger partial charge is 0.352 e. The van der Waals surface area contributed by atoms with E-state index in [0.29, 0.717) is 24.6 Å². The first-order valence-corrected chi connectivity index (χ1v) is 11.1. The number of carbonyl (C=O) groups is 2. The molecule has 0 bridgehead atoms. The fourth-order valence-electron chi connectivity index (χ4n) is 4.19. The van der Waals surface area contributed by atoms with Gasteiger partial charge in [-0.2, -0.15) is 0 Å². The molecule has 162 valence electrons. The van der Waals surface area contributed by atoms with E-state index in [1.165, 1.54) is 5.56 Å². The van der Waals surface area contributed by atoms with E-state index in [-0.39, 0.29) is 11.8 Å². The van der Waals surface area contributed by atoms with Crippen LogP contribution in [0.15, 0.2) is 48.8 Å². The third-order valence-electron chi connectivity index (χ3n) is 6.06. The number of benzene rings is 2. The number of aromatic nitrogens is 2. The minimum atomic E-state index is -0.0568. The highest BCUT2D eigenvalue weighted by Crippen LogP contribution is 2.27. The topological polar surface area (TPSA) is 67.2 Å². The molecule has 0 saturated carbocycles. The van der Waals surface area contributed by atoms with Crippen LogP contribution in [0.25, 0.3) is 11.0 Å². The molecule has 6 heteroatoms. The minimum absolute atomic E-state index is 0.0568. The van der Waals surface area contributed by atoms with Crippen LogP contribution in [-0.4, -0.2) is 45.9 Å². The van der Waals surface area contributed by atoms with E-state index in [9.17, 15) is 9.59 Å². The number of rotatable bonds is 6. The van der Waals surface area contributed by atoms with Crippen molar-refractivity contribution in [3.8, 4) is 0 Å². The predicted octanol–water partition coefficient (Wildman–Crippen LogP) is 3.89. The van der Waals surface area contributed by atoms with Crippen molar-refractivity contribution in [3.63, 3.8) is 0 Å². The zero-order chi connectivity index (χ0) is 21.8. The first kappa shape index (κ1) is 21.1. The molecule has 0 spiro atoms. The monoisotopic (exact) mass is 418 g/mol. The summed E-state index contributed by atoms with van der Waals surface area (Å²) in [5.41, 5.74) is 4.79. The molecule has 0 aliphatic carbocycles. The predicted molar refractivity (Wildman–Crippen MR) is 122 cm³/mol. The number of carbonyl (C=O) groups excluding carboxylic acids is 2. The molecule has 1 saturated heterocycles. The molecule has 2 aromatic carbocycles. The number of hydrogen-bond acceptors (Lipinski definition) is 3. The highest BCUT2D eigenvalue weighted by atomic mass is 16.2. The van der Waals surface area contributed by atoms with Gasteiger partial charge in [0.1, 0.15) is 0 Å². The lowest BCUT2D eigenvalue weighted by atomic mass is 10.0. The number of fused-ring (bicyclic) bond motifs is 1. The van der Waals surface area contributed by atoms with Crippen molar-refractivity contribution in [2.24, 2.45) is 0 Å². The lowest BCUT2D eigenvalue weighted by Crippen LogP contribution is -2.39. The molecule has 0 radical (unpaired) electrons. The maximum Gasteiger partial charge on any atom is 0.251 e. The summed E-state index contributed by atoms with van der Waals surface area (Å²) in [7, 11) is 0. The molecular formula is C25H30N4O2. The third-order valence-corrected chi connectivity index (χ3v) is 6.06. The van der Waals surface area contributed by atoms with Gasteiger partial charge in [-0.1, -0.05) is 36.8 Å². The van der Waals surface area contributed by atoms with Gasteiger partial charge in [-0.25, -0.2) is 4.98 Å².